The van der Waals surface area contributed by atoms with Crippen molar-refractivity contribution >= 4 is 23.7 Å². The van der Waals surface area contributed by atoms with Crippen LogP contribution >= 0.6 is 0 Å². The standard InChI is InChI=1S/C24H38N4O6/c1-13(2)10-18(25)22(31)26-15(5)21(30)27-19(11-14(3)4)23(32)28-20(24(33)34)12-16-6-8-17(29)9-7-16/h6-9,13-15,18-20,29H,10-12,25H2,1-5H3,(H,26,31)(H,27,30)(H,28,32)(H,33,34). The number of benzene rings is 1. The molecule has 3 amide bonds. The summed E-state index contributed by atoms with van der Waals surface area (Å²) in [4.78, 5) is 49.5. The topological polar surface area (TPSA) is 171 Å². The molecule has 0 aliphatic carbocycles. The van der Waals surface area contributed by atoms with Crippen molar-refractivity contribution in [2.45, 2.75) is 78.0 Å². The fourth-order valence-corrected chi connectivity index (χ4v) is 3.34. The van der Waals surface area contributed by atoms with Crippen LogP contribution < -0.4 is 21.7 Å². The smallest absolute Gasteiger partial charge is 0.326 e. The Balaban J connectivity index is 2.84. The average Bonchev–Trinajstić information content (AvgIpc) is 2.73. The second-order valence-electron chi connectivity index (χ2n) is 9.43. The van der Waals surface area contributed by atoms with Gasteiger partial charge in [-0.25, -0.2) is 4.79 Å². The lowest BCUT2D eigenvalue weighted by Crippen LogP contribution is -2.56. The number of hydrogen-bond acceptors (Lipinski definition) is 6. The van der Waals surface area contributed by atoms with Crippen LogP contribution in [0.3, 0.4) is 0 Å². The van der Waals surface area contributed by atoms with Gasteiger partial charge in [0.1, 0.15) is 23.9 Å². The first-order chi connectivity index (χ1) is 15.8. The van der Waals surface area contributed by atoms with E-state index in [1.165, 1.54) is 19.1 Å². The van der Waals surface area contributed by atoms with Gasteiger partial charge in [0.05, 0.1) is 6.04 Å². The monoisotopic (exact) mass is 478 g/mol. The molecule has 10 nitrogen and oxygen atoms in total. The largest absolute Gasteiger partial charge is 0.508 e. The Hall–Kier alpha value is -3.14. The van der Waals surface area contributed by atoms with Gasteiger partial charge in [-0.05, 0) is 49.3 Å². The lowest BCUT2D eigenvalue weighted by atomic mass is 10.0. The Labute approximate surface area is 200 Å². The van der Waals surface area contributed by atoms with E-state index in [-0.39, 0.29) is 30.4 Å². The van der Waals surface area contributed by atoms with E-state index in [1.54, 1.807) is 12.1 Å². The van der Waals surface area contributed by atoms with Crippen molar-refractivity contribution in [3.8, 4) is 5.75 Å². The molecule has 0 heterocycles. The van der Waals surface area contributed by atoms with Crippen LogP contribution in [0.25, 0.3) is 0 Å². The number of nitrogens with one attached hydrogen (secondary N) is 3. The molecule has 0 saturated heterocycles. The predicted molar refractivity (Wildman–Crippen MR) is 128 cm³/mol. The van der Waals surface area contributed by atoms with Gasteiger partial charge in [-0.15, -0.1) is 0 Å². The van der Waals surface area contributed by atoms with Crippen LogP contribution in [0.15, 0.2) is 24.3 Å². The summed E-state index contributed by atoms with van der Waals surface area (Å²) in [6.07, 6.45) is 0.747. The van der Waals surface area contributed by atoms with Crippen molar-refractivity contribution in [1.29, 1.82) is 0 Å². The maximum atomic E-state index is 12.9. The number of carboxylic acid groups (broad SMARTS) is 1. The molecular weight excluding hydrogens is 440 g/mol. The van der Waals surface area contributed by atoms with Gasteiger partial charge in [-0.2, -0.15) is 0 Å². The van der Waals surface area contributed by atoms with E-state index in [0.29, 0.717) is 12.0 Å². The van der Waals surface area contributed by atoms with Gasteiger partial charge in [-0.3, -0.25) is 14.4 Å². The zero-order chi connectivity index (χ0) is 26.0. The summed E-state index contributed by atoms with van der Waals surface area (Å²) in [5, 5.41) is 26.6. The van der Waals surface area contributed by atoms with Gasteiger partial charge in [0.25, 0.3) is 0 Å². The number of carbonyl (C=O) groups excluding carboxylic acids is 3. The number of amides is 3. The Morgan fingerprint density at radius 1 is 0.794 bits per heavy atom. The van der Waals surface area contributed by atoms with Crippen molar-refractivity contribution in [3.05, 3.63) is 29.8 Å². The Morgan fingerprint density at radius 3 is 1.82 bits per heavy atom. The van der Waals surface area contributed by atoms with Gasteiger partial charge < -0.3 is 31.9 Å². The number of hydrogen-bond donors (Lipinski definition) is 6. The molecule has 4 unspecified atom stereocenters. The number of aliphatic carboxylic acids is 1. The molecule has 0 fully saturated rings. The number of carboxylic acids is 1. The van der Waals surface area contributed by atoms with E-state index < -0.39 is 47.9 Å². The van der Waals surface area contributed by atoms with Gasteiger partial charge in [0.15, 0.2) is 0 Å². The van der Waals surface area contributed by atoms with E-state index >= 15 is 0 Å². The highest BCUT2D eigenvalue weighted by atomic mass is 16.4. The normalized spacial score (nSPS) is 14.7. The third kappa shape index (κ3) is 10.2. The summed E-state index contributed by atoms with van der Waals surface area (Å²) in [5.41, 5.74) is 6.47. The van der Waals surface area contributed by atoms with E-state index in [0.717, 1.165) is 0 Å². The van der Waals surface area contributed by atoms with Crippen LogP contribution in [-0.4, -0.2) is 58.1 Å². The molecule has 4 atom stereocenters. The van der Waals surface area contributed by atoms with Crippen LogP contribution in [0.1, 0.15) is 53.0 Å². The second-order valence-corrected chi connectivity index (χ2v) is 9.43. The lowest BCUT2D eigenvalue weighted by molar-refractivity contribution is -0.142. The molecule has 0 bridgehead atoms. The zero-order valence-corrected chi connectivity index (χ0v) is 20.5. The molecule has 1 aromatic carbocycles. The molecule has 0 radical (unpaired) electrons. The quantitative estimate of drug-likeness (QED) is 0.245. The molecule has 0 aliphatic rings. The number of phenolic OH excluding ortho intramolecular Hbond substituents is 1. The first-order valence-corrected chi connectivity index (χ1v) is 11.5. The Bertz CT molecular complexity index is 840. The highest BCUT2D eigenvalue weighted by molar-refractivity contribution is 5.93. The van der Waals surface area contributed by atoms with Crippen molar-refractivity contribution in [2.24, 2.45) is 17.6 Å². The summed E-state index contributed by atoms with van der Waals surface area (Å²) in [7, 11) is 0. The lowest BCUT2D eigenvalue weighted by Gasteiger charge is -2.25. The van der Waals surface area contributed by atoms with Gasteiger partial charge in [0, 0.05) is 6.42 Å². The van der Waals surface area contributed by atoms with E-state index in [4.69, 9.17) is 5.73 Å². The molecule has 1 aromatic rings. The first-order valence-electron chi connectivity index (χ1n) is 11.5. The van der Waals surface area contributed by atoms with Crippen LogP contribution in [0.5, 0.6) is 5.75 Å². The minimum atomic E-state index is -1.23. The minimum absolute atomic E-state index is 0.00387. The summed E-state index contributed by atoms with van der Waals surface area (Å²) < 4.78 is 0. The first kappa shape index (κ1) is 28.9. The minimum Gasteiger partial charge on any atom is -0.508 e. The van der Waals surface area contributed by atoms with Gasteiger partial charge in [0.2, 0.25) is 17.7 Å². The number of rotatable bonds is 13. The summed E-state index contributed by atoms with van der Waals surface area (Å²) in [6.45, 7) is 9.10. The highest BCUT2D eigenvalue weighted by Gasteiger charge is 2.29. The maximum Gasteiger partial charge on any atom is 0.326 e. The zero-order valence-electron chi connectivity index (χ0n) is 20.5. The molecule has 7 N–H and O–H groups in total. The molecule has 10 heteroatoms. The molecule has 1 rings (SSSR count). The Morgan fingerprint density at radius 2 is 1.32 bits per heavy atom. The molecule has 0 spiro atoms. The highest BCUT2D eigenvalue weighted by Crippen LogP contribution is 2.12. The van der Waals surface area contributed by atoms with Crippen LogP contribution in [0.4, 0.5) is 0 Å². The number of carbonyl (C=O) groups is 4. The molecule has 34 heavy (non-hydrogen) atoms. The van der Waals surface area contributed by atoms with Crippen molar-refractivity contribution in [3.63, 3.8) is 0 Å². The van der Waals surface area contributed by atoms with Crippen molar-refractivity contribution < 1.29 is 29.4 Å². The number of phenols is 1. The van der Waals surface area contributed by atoms with Crippen LogP contribution in [0.2, 0.25) is 0 Å². The predicted octanol–water partition coefficient (Wildman–Crippen LogP) is 0.913. The molecule has 0 saturated carbocycles. The van der Waals surface area contributed by atoms with Gasteiger partial charge >= 0.3 is 5.97 Å². The molecule has 190 valence electrons. The fraction of sp³-hybridized carbons (Fsp3) is 0.583. The SMILES string of the molecule is CC(C)CC(N)C(=O)NC(C)C(=O)NC(CC(C)C)C(=O)NC(Cc1ccc(O)cc1)C(=O)O. The average molecular weight is 479 g/mol. The number of aromatic hydroxyl groups is 1. The van der Waals surface area contributed by atoms with Crippen LogP contribution in [-0.2, 0) is 25.6 Å². The molecular formula is C24H38N4O6. The summed E-state index contributed by atoms with van der Waals surface area (Å²) >= 11 is 0. The van der Waals surface area contributed by atoms with E-state index in [2.05, 4.69) is 16.0 Å². The summed E-state index contributed by atoms with van der Waals surface area (Å²) in [5.74, 6) is -2.60. The van der Waals surface area contributed by atoms with Gasteiger partial charge in [-0.1, -0.05) is 39.8 Å². The summed E-state index contributed by atoms with van der Waals surface area (Å²) in [6, 6.07) is 2.11. The third-order valence-corrected chi connectivity index (χ3v) is 5.14. The molecule has 0 aromatic heterocycles. The van der Waals surface area contributed by atoms with E-state index in [1.807, 2.05) is 27.7 Å². The van der Waals surface area contributed by atoms with Crippen molar-refractivity contribution in [1.82, 2.24) is 16.0 Å². The third-order valence-electron chi connectivity index (χ3n) is 5.14. The molecule has 0 aliphatic heterocycles. The van der Waals surface area contributed by atoms with Crippen molar-refractivity contribution in [2.75, 3.05) is 0 Å². The fourth-order valence-electron chi connectivity index (χ4n) is 3.34. The number of nitrogens with two attached hydrogens (primary N) is 1. The maximum absolute atomic E-state index is 12.9. The Kier molecular flexibility index (Phi) is 11.5. The second kappa shape index (κ2) is 13.5. The van der Waals surface area contributed by atoms with Crippen LogP contribution in [0, 0.1) is 11.8 Å². The van der Waals surface area contributed by atoms with E-state index in [9.17, 15) is 29.4 Å².